The molecule has 0 radical (unpaired) electrons. The van der Waals surface area contributed by atoms with Gasteiger partial charge in [-0.25, -0.2) is 9.37 Å². The summed E-state index contributed by atoms with van der Waals surface area (Å²) in [5.41, 5.74) is 2.43. The topological polar surface area (TPSA) is 63.4 Å². The summed E-state index contributed by atoms with van der Waals surface area (Å²) < 4.78 is 19.9. The van der Waals surface area contributed by atoms with E-state index in [-0.39, 0.29) is 16.8 Å². The quantitative estimate of drug-likeness (QED) is 0.482. The standard InChI is InChI=1S/C22H15FN2O3S/c1-11-6-7-16-15(8-11)19(26)17-18(13-4-3-5-14(23)9-13)25(21(27)20(17)28-16)22-24-12(2)10-29-22/h3-10,18H,1-2H3. The van der Waals surface area contributed by atoms with Crippen molar-refractivity contribution >= 4 is 33.3 Å². The second-order valence-corrected chi connectivity index (χ2v) is 7.91. The third kappa shape index (κ3) is 2.69. The first kappa shape index (κ1) is 17.8. The van der Waals surface area contributed by atoms with Gasteiger partial charge in [0.2, 0.25) is 5.76 Å². The Morgan fingerprint density at radius 1 is 1.14 bits per heavy atom. The minimum atomic E-state index is -0.806. The molecule has 5 rings (SSSR count). The van der Waals surface area contributed by atoms with E-state index in [1.54, 1.807) is 24.3 Å². The second-order valence-electron chi connectivity index (χ2n) is 7.08. The molecule has 29 heavy (non-hydrogen) atoms. The van der Waals surface area contributed by atoms with Crippen molar-refractivity contribution in [1.82, 2.24) is 4.98 Å². The number of benzene rings is 2. The lowest BCUT2D eigenvalue weighted by Gasteiger charge is -2.22. The average molecular weight is 406 g/mol. The number of aryl methyl sites for hydroxylation is 2. The number of nitrogens with zero attached hydrogens (tertiary/aromatic N) is 2. The van der Waals surface area contributed by atoms with Crippen molar-refractivity contribution in [2.24, 2.45) is 0 Å². The van der Waals surface area contributed by atoms with Gasteiger partial charge in [-0.2, -0.15) is 0 Å². The number of hydrogen-bond acceptors (Lipinski definition) is 5. The smallest absolute Gasteiger partial charge is 0.297 e. The number of carbonyl (C=O) groups excluding carboxylic acids is 1. The highest BCUT2D eigenvalue weighted by Gasteiger charge is 2.44. The zero-order chi connectivity index (χ0) is 20.3. The average Bonchev–Trinajstić information content (AvgIpc) is 3.24. The highest BCUT2D eigenvalue weighted by molar-refractivity contribution is 7.14. The normalized spacial score (nSPS) is 15.9. The van der Waals surface area contributed by atoms with Crippen LogP contribution in [0.4, 0.5) is 9.52 Å². The highest BCUT2D eigenvalue weighted by Crippen LogP contribution is 2.42. The monoisotopic (exact) mass is 406 g/mol. The first-order chi connectivity index (χ1) is 13.9. The van der Waals surface area contributed by atoms with Gasteiger partial charge in [-0.05, 0) is 43.7 Å². The van der Waals surface area contributed by atoms with Gasteiger partial charge >= 0.3 is 0 Å². The summed E-state index contributed by atoms with van der Waals surface area (Å²) in [6.45, 7) is 3.71. The van der Waals surface area contributed by atoms with Crippen LogP contribution in [0.2, 0.25) is 0 Å². The van der Waals surface area contributed by atoms with Crippen molar-refractivity contribution in [3.63, 3.8) is 0 Å². The molecule has 1 amide bonds. The molecule has 0 spiro atoms. The Morgan fingerprint density at radius 2 is 1.97 bits per heavy atom. The van der Waals surface area contributed by atoms with Crippen molar-refractivity contribution in [1.29, 1.82) is 0 Å². The first-order valence-electron chi connectivity index (χ1n) is 9.02. The van der Waals surface area contributed by atoms with Crippen LogP contribution in [0.1, 0.15) is 39.0 Å². The van der Waals surface area contributed by atoms with E-state index in [2.05, 4.69) is 4.98 Å². The summed E-state index contributed by atoms with van der Waals surface area (Å²) in [6, 6.07) is 10.4. The van der Waals surface area contributed by atoms with E-state index in [1.807, 2.05) is 25.3 Å². The molecule has 1 aliphatic heterocycles. The molecule has 7 heteroatoms. The van der Waals surface area contributed by atoms with Crippen LogP contribution >= 0.6 is 11.3 Å². The summed E-state index contributed by atoms with van der Waals surface area (Å²) >= 11 is 1.29. The molecule has 1 aliphatic rings. The molecule has 0 saturated heterocycles. The van der Waals surface area contributed by atoms with Crippen LogP contribution in [0.3, 0.4) is 0 Å². The van der Waals surface area contributed by atoms with Gasteiger partial charge in [-0.15, -0.1) is 11.3 Å². The highest BCUT2D eigenvalue weighted by atomic mass is 32.1. The van der Waals surface area contributed by atoms with Crippen molar-refractivity contribution in [2.45, 2.75) is 19.9 Å². The second kappa shape index (κ2) is 6.35. The molecule has 1 atom stereocenters. The Balaban J connectivity index is 1.84. The Labute approximate surface area is 169 Å². The van der Waals surface area contributed by atoms with Crippen LogP contribution in [0.25, 0.3) is 11.0 Å². The van der Waals surface area contributed by atoms with E-state index in [9.17, 15) is 14.0 Å². The molecule has 1 unspecified atom stereocenters. The molecule has 144 valence electrons. The number of amides is 1. The first-order valence-corrected chi connectivity index (χ1v) is 9.90. The molecule has 0 fully saturated rings. The minimum absolute atomic E-state index is 0.0199. The molecular weight excluding hydrogens is 391 g/mol. The Bertz CT molecular complexity index is 1360. The number of aromatic nitrogens is 1. The molecule has 3 heterocycles. The van der Waals surface area contributed by atoms with E-state index >= 15 is 0 Å². The van der Waals surface area contributed by atoms with E-state index in [0.29, 0.717) is 21.7 Å². The lowest BCUT2D eigenvalue weighted by atomic mass is 9.98. The van der Waals surface area contributed by atoms with Crippen molar-refractivity contribution in [3.05, 3.63) is 92.0 Å². The SMILES string of the molecule is Cc1ccc2oc3c(c(=O)c2c1)C(c1cccc(F)c1)N(c1nc(C)cs1)C3=O. The molecule has 4 aromatic rings. The Kier molecular flexibility index (Phi) is 3.89. The summed E-state index contributed by atoms with van der Waals surface area (Å²) in [5.74, 6) is -0.920. The third-order valence-electron chi connectivity index (χ3n) is 5.00. The van der Waals surface area contributed by atoms with Gasteiger partial charge in [0, 0.05) is 5.38 Å². The molecule has 2 aromatic heterocycles. The predicted molar refractivity (Wildman–Crippen MR) is 109 cm³/mol. The van der Waals surface area contributed by atoms with Gasteiger partial charge in [-0.1, -0.05) is 23.8 Å². The maximum atomic E-state index is 14.0. The van der Waals surface area contributed by atoms with Crippen LogP contribution < -0.4 is 10.3 Å². The van der Waals surface area contributed by atoms with Gasteiger partial charge in [0.15, 0.2) is 10.6 Å². The van der Waals surface area contributed by atoms with Gasteiger partial charge < -0.3 is 4.42 Å². The van der Waals surface area contributed by atoms with Gasteiger partial charge in [-0.3, -0.25) is 14.5 Å². The zero-order valence-electron chi connectivity index (χ0n) is 15.6. The fourth-order valence-corrected chi connectivity index (χ4v) is 4.56. The van der Waals surface area contributed by atoms with Crippen LogP contribution in [0.5, 0.6) is 0 Å². The van der Waals surface area contributed by atoms with Crippen molar-refractivity contribution in [2.75, 3.05) is 4.90 Å². The van der Waals surface area contributed by atoms with E-state index < -0.39 is 17.8 Å². The van der Waals surface area contributed by atoms with Crippen LogP contribution in [-0.4, -0.2) is 10.9 Å². The van der Waals surface area contributed by atoms with Gasteiger partial charge in [0.05, 0.1) is 22.7 Å². The molecule has 0 N–H and O–H groups in total. The van der Waals surface area contributed by atoms with Crippen molar-refractivity contribution in [3.8, 4) is 0 Å². The zero-order valence-corrected chi connectivity index (χ0v) is 16.4. The molecule has 2 aromatic carbocycles. The fourth-order valence-electron chi connectivity index (χ4n) is 3.73. The Morgan fingerprint density at radius 3 is 2.69 bits per heavy atom. The molecule has 5 nitrogen and oxygen atoms in total. The lowest BCUT2D eigenvalue weighted by molar-refractivity contribution is 0.0971. The number of halogens is 1. The molecule has 0 saturated carbocycles. The van der Waals surface area contributed by atoms with Crippen molar-refractivity contribution < 1.29 is 13.6 Å². The van der Waals surface area contributed by atoms with Gasteiger partial charge in [0.25, 0.3) is 5.91 Å². The fraction of sp³-hybridized carbons (Fsp3) is 0.136. The number of rotatable bonds is 2. The number of carbonyl (C=O) groups is 1. The number of fused-ring (bicyclic) bond motifs is 2. The summed E-state index contributed by atoms with van der Waals surface area (Å²) in [7, 11) is 0. The van der Waals surface area contributed by atoms with E-state index in [0.717, 1.165) is 11.3 Å². The Hall–Kier alpha value is -3.32. The maximum Gasteiger partial charge on any atom is 0.297 e. The van der Waals surface area contributed by atoms with E-state index in [4.69, 9.17) is 4.42 Å². The number of anilines is 1. The van der Waals surface area contributed by atoms with Crippen LogP contribution in [-0.2, 0) is 0 Å². The van der Waals surface area contributed by atoms with Crippen LogP contribution in [0.15, 0.2) is 57.1 Å². The predicted octanol–water partition coefficient (Wildman–Crippen LogP) is 4.76. The summed E-state index contributed by atoms with van der Waals surface area (Å²) in [6.07, 6.45) is 0. The minimum Gasteiger partial charge on any atom is -0.450 e. The lowest BCUT2D eigenvalue weighted by Crippen LogP contribution is -2.29. The summed E-state index contributed by atoms with van der Waals surface area (Å²) in [4.78, 5) is 32.6. The third-order valence-corrected chi connectivity index (χ3v) is 5.96. The van der Waals surface area contributed by atoms with Gasteiger partial charge in [0.1, 0.15) is 11.4 Å². The largest absolute Gasteiger partial charge is 0.450 e. The maximum absolute atomic E-state index is 14.0. The molecule has 0 aliphatic carbocycles. The van der Waals surface area contributed by atoms with E-state index in [1.165, 1.54) is 28.4 Å². The molecule has 0 bridgehead atoms. The number of hydrogen-bond donors (Lipinski definition) is 0. The molecular formula is C22H15FN2O3S. The number of thiazole rings is 1. The van der Waals surface area contributed by atoms with Crippen LogP contribution in [0, 0.1) is 19.7 Å². The summed E-state index contributed by atoms with van der Waals surface area (Å²) in [5, 5.41) is 2.66.